The van der Waals surface area contributed by atoms with E-state index < -0.39 is 5.60 Å². The van der Waals surface area contributed by atoms with Crippen LogP contribution in [0.25, 0.3) is 11.4 Å². The van der Waals surface area contributed by atoms with Gasteiger partial charge < -0.3 is 9.64 Å². The largest absolute Gasteiger partial charge is 0.444 e. The van der Waals surface area contributed by atoms with Crippen molar-refractivity contribution < 1.29 is 13.9 Å². The molecule has 0 fully saturated rings. The number of amides is 1. The van der Waals surface area contributed by atoms with E-state index >= 15 is 0 Å². The van der Waals surface area contributed by atoms with Gasteiger partial charge in [-0.15, -0.1) is 5.10 Å². The van der Waals surface area contributed by atoms with E-state index in [2.05, 4.69) is 15.2 Å². The molecule has 0 saturated carbocycles. The highest BCUT2D eigenvalue weighted by Gasteiger charge is 2.27. The van der Waals surface area contributed by atoms with E-state index in [1.54, 1.807) is 17.0 Å². The molecule has 1 aliphatic rings. The Hall–Kier alpha value is -2.57. The van der Waals surface area contributed by atoms with Gasteiger partial charge in [0.05, 0.1) is 17.9 Å². The molecule has 1 aromatic heterocycles. The Balaban J connectivity index is 1.81. The van der Waals surface area contributed by atoms with Crippen LogP contribution in [0.2, 0.25) is 0 Å². The zero-order valence-electron chi connectivity index (χ0n) is 13.9. The minimum atomic E-state index is -0.541. The number of ether oxygens (including phenoxy) is 1. The second kappa shape index (κ2) is 6.14. The van der Waals surface area contributed by atoms with Crippen LogP contribution in [0.5, 0.6) is 0 Å². The first-order valence-corrected chi connectivity index (χ1v) is 7.78. The maximum absolute atomic E-state index is 13.0. The SMILES string of the molecule is CC(C)(C)OC(=O)N1CCc2nnc(-c3ccc(F)cc3)nc2C1. The normalized spacial score (nSPS) is 14.2. The standard InChI is InChI=1S/C17H19FN4O2/c1-17(2,3)24-16(23)22-9-8-13-14(10-22)19-15(21-20-13)11-4-6-12(18)7-5-11/h4-7H,8-10H2,1-3H3. The van der Waals surface area contributed by atoms with Gasteiger partial charge in [0.25, 0.3) is 0 Å². The molecule has 3 rings (SSSR count). The van der Waals surface area contributed by atoms with E-state index in [1.165, 1.54) is 12.1 Å². The van der Waals surface area contributed by atoms with Crippen molar-refractivity contribution >= 4 is 6.09 Å². The molecule has 0 bridgehead atoms. The molecule has 6 nitrogen and oxygen atoms in total. The van der Waals surface area contributed by atoms with Crippen molar-refractivity contribution in [1.29, 1.82) is 0 Å². The summed E-state index contributed by atoms with van der Waals surface area (Å²) in [7, 11) is 0. The number of rotatable bonds is 1. The summed E-state index contributed by atoms with van der Waals surface area (Å²) in [4.78, 5) is 18.3. The Morgan fingerprint density at radius 3 is 2.54 bits per heavy atom. The average molecular weight is 330 g/mol. The van der Waals surface area contributed by atoms with Crippen molar-refractivity contribution in [1.82, 2.24) is 20.1 Å². The summed E-state index contributed by atoms with van der Waals surface area (Å²) in [6.45, 7) is 6.35. The molecule has 0 atom stereocenters. The molecule has 1 aliphatic heterocycles. The van der Waals surface area contributed by atoms with Crippen molar-refractivity contribution in [3.05, 3.63) is 41.5 Å². The summed E-state index contributed by atoms with van der Waals surface area (Å²) >= 11 is 0. The molecule has 2 heterocycles. The van der Waals surface area contributed by atoms with Crippen LogP contribution < -0.4 is 0 Å². The van der Waals surface area contributed by atoms with Crippen LogP contribution in [0.3, 0.4) is 0 Å². The number of carbonyl (C=O) groups excluding carboxylic acids is 1. The van der Waals surface area contributed by atoms with Crippen molar-refractivity contribution in [2.75, 3.05) is 6.54 Å². The number of fused-ring (bicyclic) bond motifs is 1. The van der Waals surface area contributed by atoms with Gasteiger partial charge in [0.15, 0.2) is 5.82 Å². The Bertz CT molecular complexity index is 756. The van der Waals surface area contributed by atoms with Crippen LogP contribution in [-0.2, 0) is 17.7 Å². The summed E-state index contributed by atoms with van der Waals surface area (Å²) in [5.74, 6) is 0.0977. The van der Waals surface area contributed by atoms with Crippen LogP contribution in [0.1, 0.15) is 32.2 Å². The van der Waals surface area contributed by atoms with Gasteiger partial charge in [-0.1, -0.05) is 0 Å². The van der Waals surface area contributed by atoms with Crippen molar-refractivity contribution in [3.8, 4) is 11.4 Å². The third kappa shape index (κ3) is 3.67. The lowest BCUT2D eigenvalue weighted by Crippen LogP contribution is -2.40. The van der Waals surface area contributed by atoms with Crippen molar-refractivity contribution in [2.24, 2.45) is 0 Å². The van der Waals surface area contributed by atoms with Crippen LogP contribution in [0, 0.1) is 5.82 Å². The molecule has 7 heteroatoms. The van der Waals surface area contributed by atoms with Crippen molar-refractivity contribution in [3.63, 3.8) is 0 Å². The van der Waals surface area contributed by atoms with Gasteiger partial charge in [-0.25, -0.2) is 14.2 Å². The van der Waals surface area contributed by atoms with Gasteiger partial charge in [0.1, 0.15) is 11.4 Å². The number of benzene rings is 1. The molecule has 0 spiro atoms. The minimum absolute atomic E-state index is 0.319. The summed E-state index contributed by atoms with van der Waals surface area (Å²) in [6, 6.07) is 5.91. The molecule has 2 aromatic rings. The number of carbonyl (C=O) groups is 1. The summed E-state index contributed by atoms with van der Waals surface area (Å²) in [6.07, 6.45) is 0.216. The van der Waals surface area contributed by atoms with Gasteiger partial charge in [-0.3, -0.25) is 0 Å². The molecular formula is C17H19FN4O2. The lowest BCUT2D eigenvalue weighted by atomic mass is 10.1. The van der Waals surface area contributed by atoms with Crippen LogP contribution >= 0.6 is 0 Å². The first-order valence-electron chi connectivity index (χ1n) is 7.78. The lowest BCUT2D eigenvalue weighted by molar-refractivity contribution is 0.0219. The molecule has 0 N–H and O–H groups in total. The molecule has 1 amide bonds. The Morgan fingerprint density at radius 1 is 1.17 bits per heavy atom. The maximum Gasteiger partial charge on any atom is 0.410 e. The minimum Gasteiger partial charge on any atom is -0.444 e. The Kier molecular flexibility index (Phi) is 4.17. The lowest BCUT2D eigenvalue weighted by Gasteiger charge is -2.30. The highest BCUT2D eigenvalue weighted by molar-refractivity contribution is 5.68. The maximum atomic E-state index is 13.0. The van der Waals surface area contributed by atoms with Gasteiger partial charge in [0, 0.05) is 18.5 Å². The first-order chi connectivity index (χ1) is 11.3. The summed E-state index contributed by atoms with van der Waals surface area (Å²) < 4.78 is 18.4. The van der Waals surface area contributed by atoms with Gasteiger partial charge in [-0.05, 0) is 45.0 Å². The molecule has 0 saturated heterocycles. The second-order valence-corrected chi connectivity index (χ2v) is 6.69. The second-order valence-electron chi connectivity index (χ2n) is 6.69. The third-order valence-corrected chi connectivity index (χ3v) is 3.55. The molecule has 1 aromatic carbocycles. The molecule has 24 heavy (non-hydrogen) atoms. The fraction of sp³-hybridized carbons (Fsp3) is 0.412. The summed E-state index contributed by atoms with van der Waals surface area (Å²) in [5, 5.41) is 8.30. The topological polar surface area (TPSA) is 68.2 Å². The number of halogens is 1. The molecular weight excluding hydrogens is 311 g/mol. The van der Waals surface area contributed by atoms with E-state index in [-0.39, 0.29) is 11.9 Å². The van der Waals surface area contributed by atoms with E-state index in [9.17, 15) is 9.18 Å². The molecule has 0 unspecified atom stereocenters. The quantitative estimate of drug-likeness (QED) is 0.804. The molecule has 0 radical (unpaired) electrons. The van der Waals surface area contributed by atoms with E-state index in [1.807, 2.05) is 20.8 Å². The van der Waals surface area contributed by atoms with Crippen molar-refractivity contribution in [2.45, 2.75) is 39.3 Å². The van der Waals surface area contributed by atoms with Gasteiger partial charge >= 0.3 is 6.09 Å². The van der Waals surface area contributed by atoms with Crippen LogP contribution in [0.15, 0.2) is 24.3 Å². The van der Waals surface area contributed by atoms with Crippen LogP contribution in [0.4, 0.5) is 9.18 Å². The zero-order valence-corrected chi connectivity index (χ0v) is 13.9. The number of nitrogens with zero attached hydrogens (tertiary/aromatic N) is 4. The van der Waals surface area contributed by atoms with Gasteiger partial charge in [-0.2, -0.15) is 5.10 Å². The molecule has 126 valence electrons. The third-order valence-electron chi connectivity index (χ3n) is 3.55. The Morgan fingerprint density at radius 2 is 1.88 bits per heavy atom. The zero-order chi connectivity index (χ0) is 17.3. The molecule has 0 aliphatic carbocycles. The van der Waals surface area contributed by atoms with Gasteiger partial charge in [0.2, 0.25) is 0 Å². The van der Waals surface area contributed by atoms with E-state index in [4.69, 9.17) is 4.74 Å². The number of hydrogen-bond donors (Lipinski definition) is 0. The number of hydrogen-bond acceptors (Lipinski definition) is 5. The highest BCUT2D eigenvalue weighted by Crippen LogP contribution is 2.21. The Labute approximate surface area is 139 Å². The predicted molar refractivity (Wildman–Crippen MR) is 85.6 cm³/mol. The first kappa shape index (κ1) is 16.3. The highest BCUT2D eigenvalue weighted by atomic mass is 19.1. The summed E-state index contributed by atoms with van der Waals surface area (Å²) in [5.41, 5.74) is 1.61. The predicted octanol–water partition coefficient (Wildman–Crippen LogP) is 2.97. The fourth-order valence-corrected chi connectivity index (χ4v) is 2.41. The smallest absolute Gasteiger partial charge is 0.410 e. The fourth-order valence-electron chi connectivity index (χ4n) is 2.41. The van der Waals surface area contributed by atoms with E-state index in [0.29, 0.717) is 36.6 Å². The number of aromatic nitrogens is 3. The average Bonchev–Trinajstić information content (AvgIpc) is 2.53. The monoisotopic (exact) mass is 330 g/mol. The van der Waals surface area contributed by atoms with Crippen LogP contribution in [-0.4, -0.2) is 38.3 Å². The van der Waals surface area contributed by atoms with E-state index in [0.717, 1.165) is 5.69 Å².